The number of carboxylic acids is 1. The Morgan fingerprint density at radius 2 is 1.29 bits per heavy atom. The predicted molar refractivity (Wildman–Crippen MR) is 138 cm³/mol. The zero-order valence-electron chi connectivity index (χ0n) is 21.6. The highest BCUT2D eigenvalue weighted by molar-refractivity contribution is 5.94. The fourth-order valence-corrected chi connectivity index (χ4v) is 3.56. The van der Waals surface area contributed by atoms with Gasteiger partial charge >= 0.3 is 5.97 Å². The van der Waals surface area contributed by atoms with Gasteiger partial charge in [-0.15, -0.1) is 0 Å². The first-order chi connectivity index (χ1) is 17.8. The number of rotatable bonds is 17. The van der Waals surface area contributed by atoms with E-state index in [4.69, 9.17) is 17.2 Å². The topological polar surface area (TPSA) is 237 Å². The molecule has 0 aliphatic rings. The second-order valence-electron chi connectivity index (χ2n) is 9.14. The van der Waals surface area contributed by atoms with Crippen molar-refractivity contribution in [3.8, 4) is 0 Å². The number of nitrogens with one attached hydrogen (secondary N) is 3. The van der Waals surface area contributed by atoms with Crippen LogP contribution < -0.4 is 33.2 Å². The van der Waals surface area contributed by atoms with Crippen LogP contribution in [0.25, 0.3) is 0 Å². The average Bonchev–Trinajstić information content (AvgIpc) is 2.86. The first kappa shape index (κ1) is 32.0. The van der Waals surface area contributed by atoms with E-state index in [0.717, 1.165) is 5.56 Å². The molecule has 0 aliphatic carbocycles. The minimum Gasteiger partial charge on any atom is -0.480 e. The molecular weight excluding hydrogens is 496 g/mol. The van der Waals surface area contributed by atoms with E-state index in [1.165, 1.54) is 0 Å². The Hall–Kier alpha value is -4.00. The van der Waals surface area contributed by atoms with E-state index in [1.807, 2.05) is 6.07 Å². The fraction of sp³-hybridized carbons (Fsp3) is 0.520. The number of aliphatic carboxylic acids is 1. The summed E-state index contributed by atoms with van der Waals surface area (Å²) in [5.41, 5.74) is 17.2. The lowest BCUT2D eigenvalue weighted by Gasteiger charge is -2.26. The molecule has 0 saturated carbocycles. The molecule has 0 bridgehead atoms. The zero-order chi connectivity index (χ0) is 28.8. The summed E-state index contributed by atoms with van der Waals surface area (Å²) in [6, 6.07) is 4.09. The molecule has 5 unspecified atom stereocenters. The summed E-state index contributed by atoms with van der Waals surface area (Å²) in [7, 11) is 0. The maximum atomic E-state index is 13.1. The Bertz CT molecular complexity index is 988. The maximum absolute atomic E-state index is 13.1. The SMILES string of the molecule is CCC(C)C(NC(=O)C(CCC(N)=O)NC(=O)C(CCC(N)=O)NC(=O)C(N)Cc1ccccc1)C(=O)O. The minimum absolute atomic E-state index is 0.181. The number of benzene rings is 1. The zero-order valence-corrected chi connectivity index (χ0v) is 21.6. The van der Waals surface area contributed by atoms with Gasteiger partial charge in [0.25, 0.3) is 0 Å². The second kappa shape index (κ2) is 16.0. The van der Waals surface area contributed by atoms with Crippen molar-refractivity contribution in [2.45, 2.75) is 76.5 Å². The summed E-state index contributed by atoms with van der Waals surface area (Å²) < 4.78 is 0. The van der Waals surface area contributed by atoms with Crippen LogP contribution in [0.5, 0.6) is 0 Å². The molecule has 0 fully saturated rings. The van der Waals surface area contributed by atoms with Crippen LogP contribution in [0.4, 0.5) is 0 Å². The number of amides is 5. The Labute approximate surface area is 221 Å². The van der Waals surface area contributed by atoms with E-state index in [2.05, 4.69) is 16.0 Å². The van der Waals surface area contributed by atoms with Crippen molar-refractivity contribution in [2.75, 3.05) is 0 Å². The van der Waals surface area contributed by atoms with E-state index < -0.39 is 65.6 Å². The van der Waals surface area contributed by atoms with Gasteiger partial charge in [-0.1, -0.05) is 50.6 Å². The van der Waals surface area contributed by atoms with Crippen molar-refractivity contribution in [1.82, 2.24) is 16.0 Å². The van der Waals surface area contributed by atoms with Crippen molar-refractivity contribution < 1.29 is 33.9 Å². The third-order valence-corrected chi connectivity index (χ3v) is 6.04. The minimum atomic E-state index is -1.34. The normalized spacial score (nSPS) is 14.7. The molecule has 1 aromatic rings. The molecule has 210 valence electrons. The molecule has 0 saturated heterocycles. The number of nitrogens with two attached hydrogens (primary N) is 3. The van der Waals surface area contributed by atoms with Crippen molar-refractivity contribution in [3.05, 3.63) is 35.9 Å². The van der Waals surface area contributed by atoms with Gasteiger partial charge in [-0.25, -0.2) is 4.79 Å². The van der Waals surface area contributed by atoms with Gasteiger partial charge in [0.15, 0.2) is 0 Å². The van der Waals surface area contributed by atoms with Crippen LogP contribution in [0.1, 0.15) is 51.5 Å². The Morgan fingerprint density at radius 1 is 0.816 bits per heavy atom. The summed E-state index contributed by atoms with van der Waals surface area (Å²) in [5.74, 6) is -5.48. The molecule has 5 atom stereocenters. The number of carbonyl (C=O) groups excluding carboxylic acids is 5. The number of primary amides is 2. The standard InChI is InChI=1S/C25H38N6O7/c1-3-14(2)21(25(37)38)31-24(36)18(10-12-20(28)33)30-23(35)17(9-11-19(27)32)29-22(34)16(26)13-15-7-5-4-6-8-15/h4-8,14,16-18,21H,3,9-13,26H2,1-2H3,(H2,27,32)(H2,28,33)(H,29,34)(H,30,35)(H,31,36)(H,37,38). The smallest absolute Gasteiger partial charge is 0.326 e. The largest absolute Gasteiger partial charge is 0.480 e. The Morgan fingerprint density at radius 3 is 1.74 bits per heavy atom. The molecule has 0 aliphatic heterocycles. The number of carbonyl (C=O) groups is 6. The number of hydrogen-bond acceptors (Lipinski definition) is 7. The lowest BCUT2D eigenvalue weighted by atomic mass is 9.98. The van der Waals surface area contributed by atoms with Gasteiger partial charge < -0.3 is 38.3 Å². The third-order valence-electron chi connectivity index (χ3n) is 6.04. The third kappa shape index (κ3) is 11.4. The van der Waals surface area contributed by atoms with Gasteiger partial charge in [-0.3, -0.25) is 24.0 Å². The quantitative estimate of drug-likeness (QED) is 0.126. The highest BCUT2D eigenvalue weighted by Crippen LogP contribution is 2.10. The highest BCUT2D eigenvalue weighted by Gasteiger charge is 2.32. The average molecular weight is 535 g/mol. The fourth-order valence-electron chi connectivity index (χ4n) is 3.56. The van der Waals surface area contributed by atoms with Crippen molar-refractivity contribution >= 4 is 35.5 Å². The van der Waals surface area contributed by atoms with E-state index in [1.54, 1.807) is 38.1 Å². The lowest BCUT2D eigenvalue weighted by Crippen LogP contribution is -2.58. The predicted octanol–water partition coefficient (Wildman–Crippen LogP) is -1.33. The van der Waals surface area contributed by atoms with E-state index >= 15 is 0 Å². The molecule has 1 rings (SSSR count). The summed E-state index contributed by atoms with van der Waals surface area (Å²) in [4.78, 5) is 73.1. The van der Waals surface area contributed by atoms with E-state index in [0.29, 0.717) is 6.42 Å². The van der Waals surface area contributed by atoms with E-state index in [-0.39, 0.29) is 32.1 Å². The second-order valence-corrected chi connectivity index (χ2v) is 9.14. The molecule has 0 spiro atoms. The lowest BCUT2D eigenvalue weighted by molar-refractivity contribution is -0.144. The molecule has 5 amide bonds. The number of carboxylic acid groups (broad SMARTS) is 1. The van der Waals surface area contributed by atoms with Gasteiger partial charge in [-0.05, 0) is 30.7 Å². The summed E-state index contributed by atoms with van der Waals surface area (Å²) in [6.45, 7) is 3.40. The molecule has 0 heterocycles. The van der Waals surface area contributed by atoms with Gasteiger partial charge in [0, 0.05) is 12.8 Å². The van der Waals surface area contributed by atoms with Crippen LogP contribution in [-0.4, -0.2) is 64.8 Å². The maximum Gasteiger partial charge on any atom is 0.326 e. The van der Waals surface area contributed by atoms with Gasteiger partial charge in [0.05, 0.1) is 6.04 Å². The molecule has 10 N–H and O–H groups in total. The molecule has 38 heavy (non-hydrogen) atoms. The van der Waals surface area contributed by atoms with Crippen molar-refractivity contribution in [1.29, 1.82) is 0 Å². The Kier molecular flexibility index (Phi) is 13.5. The van der Waals surface area contributed by atoms with Crippen LogP contribution in [0.2, 0.25) is 0 Å². The molecule has 0 aromatic heterocycles. The molecule has 13 heteroatoms. The van der Waals surface area contributed by atoms with Crippen LogP contribution in [0, 0.1) is 5.92 Å². The first-order valence-corrected chi connectivity index (χ1v) is 12.4. The van der Waals surface area contributed by atoms with Gasteiger partial charge in [0.1, 0.15) is 18.1 Å². The van der Waals surface area contributed by atoms with Gasteiger partial charge in [-0.2, -0.15) is 0 Å². The monoisotopic (exact) mass is 534 g/mol. The van der Waals surface area contributed by atoms with Crippen LogP contribution in [0.3, 0.4) is 0 Å². The molecule has 0 radical (unpaired) electrons. The van der Waals surface area contributed by atoms with Crippen LogP contribution >= 0.6 is 0 Å². The van der Waals surface area contributed by atoms with E-state index in [9.17, 15) is 33.9 Å². The van der Waals surface area contributed by atoms with Crippen molar-refractivity contribution in [2.24, 2.45) is 23.1 Å². The highest BCUT2D eigenvalue weighted by atomic mass is 16.4. The van der Waals surface area contributed by atoms with Crippen molar-refractivity contribution in [3.63, 3.8) is 0 Å². The molecule has 13 nitrogen and oxygen atoms in total. The van der Waals surface area contributed by atoms with Crippen LogP contribution in [-0.2, 0) is 35.2 Å². The summed E-state index contributed by atoms with van der Waals surface area (Å²) >= 11 is 0. The summed E-state index contributed by atoms with van der Waals surface area (Å²) in [5, 5.41) is 16.8. The van der Waals surface area contributed by atoms with Gasteiger partial charge in [0.2, 0.25) is 29.5 Å². The first-order valence-electron chi connectivity index (χ1n) is 12.4. The number of hydrogen-bond donors (Lipinski definition) is 7. The summed E-state index contributed by atoms with van der Waals surface area (Å²) in [6.07, 6.45) is -0.282. The Balaban J connectivity index is 3.05. The molecule has 1 aromatic carbocycles. The van der Waals surface area contributed by atoms with Crippen LogP contribution in [0.15, 0.2) is 30.3 Å². The molecular formula is C25H38N6O7.